The normalized spacial score (nSPS) is 13.6. The summed E-state index contributed by atoms with van der Waals surface area (Å²) in [6, 6.07) is 0. The fraction of sp³-hybridized carbons (Fsp3) is 0.800. The van der Waals surface area contributed by atoms with E-state index in [9.17, 15) is 4.79 Å². The number of nitrogens with two attached hydrogens (primary N) is 1. The molecule has 10 heavy (non-hydrogen) atoms. The molecule has 0 saturated heterocycles. The third-order valence-corrected chi connectivity index (χ3v) is 0.939. The number of hydrogen-bond donors (Lipinski definition) is 3. The Bertz CT molecular complexity index is 121. The first-order valence-electron chi connectivity index (χ1n) is 2.55. The lowest BCUT2D eigenvalue weighted by atomic mass is 9.99. The van der Waals surface area contributed by atoms with E-state index in [1.54, 1.807) is 0 Å². The van der Waals surface area contributed by atoms with Crippen LogP contribution in [0.1, 0.15) is 13.8 Å². The average molecular weight is 170 g/mol. The van der Waals surface area contributed by atoms with E-state index in [-0.39, 0.29) is 12.4 Å². The fourth-order valence-corrected chi connectivity index (χ4v) is 0.318. The minimum absolute atomic E-state index is 0. The molecule has 62 valence electrons. The number of aliphatic carboxylic acids is 1. The summed E-state index contributed by atoms with van der Waals surface area (Å²) < 4.78 is 0. The molecule has 0 aliphatic carbocycles. The van der Waals surface area contributed by atoms with E-state index in [0.29, 0.717) is 0 Å². The Hall–Kier alpha value is -0.320. The van der Waals surface area contributed by atoms with Gasteiger partial charge >= 0.3 is 5.97 Å². The van der Waals surface area contributed by atoms with Gasteiger partial charge in [0.2, 0.25) is 0 Å². The molecule has 0 heterocycles. The van der Waals surface area contributed by atoms with Crippen molar-refractivity contribution in [2.45, 2.75) is 25.5 Å². The van der Waals surface area contributed by atoms with E-state index in [1.807, 2.05) is 0 Å². The third-order valence-electron chi connectivity index (χ3n) is 0.939. The number of carboxylic acid groups (broad SMARTS) is 1. The highest BCUT2D eigenvalue weighted by molar-refractivity contribution is 5.85. The Kier molecular flexibility index (Phi) is 4.64. The summed E-state index contributed by atoms with van der Waals surface area (Å²) in [5.74, 6) is -1.29. The Morgan fingerprint density at radius 3 is 1.90 bits per heavy atom. The fourth-order valence-electron chi connectivity index (χ4n) is 0.318. The van der Waals surface area contributed by atoms with E-state index < -0.39 is 17.6 Å². The van der Waals surface area contributed by atoms with Crippen LogP contribution in [-0.4, -0.2) is 27.8 Å². The molecule has 0 rings (SSSR count). The van der Waals surface area contributed by atoms with Crippen molar-refractivity contribution >= 4 is 18.4 Å². The van der Waals surface area contributed by atoms with Crippen LogP contribution in [0.25, 0.3) is 0 Å². The minimum atomic E-state index is -1.49. The maximum absolute atomic E-state index is 10.0. The first-order valence-corrected chi connectivity index (χ1v) is 2.55. The van der Waals surface area contributed by atoms with Gasteiger partial charge < -0.3 is 15.9 Å². The molecular formula is C5H12ClNO3. The number of aliphatic hydroxyl groups excluding tert-OH is 1. The Morgan fingerprint density at radius 2 is 1.90 bits per heavy atom. The van der Waals surface area contributed by atoms with Crippen LogP contribution in [0.2, 0.25) is 0 Å². The van der Waals surface area contributed by atoms with E-state index in [1.165, 1.54) is 13.8 Å². The zero-order chi connectivity index (χ0) is 7.65. The highest BCUT2D eigenvalue weighted by Gasteiger charge is 2.28. The molecule has 4 N–H and O–H groups in total. The van der Waals surface area contributed by atoms with Crippen molar-refractivity contribution in [2.75, 3.05) is 0 Å². The monoisotopic (exact) mass is 169 g/mol. The molecule has 1 unspecified atom stereocenters. The summed E-state index contributed by atoms with van der Waals surface area (Å²) >= 11 is 0. The van der Waals surface area contributed by atoms with E-state index in [0.717, 1.165) is 0 Å². The van der Waals surface area contributed by atoms with Gasteiger partial charge in [0.1, 0.15) is 0 Å². The molecule has 0 radical (unpaired) electrons. The quantitative estimate of drug-likeness (QED) is 0.525. The second-order valence-corrected chi connectivity index (χ2v) is 2.56. The van der Waals surface area contributed by atoms with Crippen molar-refractivity contribution in [1.82, 2.24) is 0 Å². The average Bonchev–Trinajstić information content (AvgIpc) is 1.62. The molecule has 0 bridgehead atoms. The van der Waals surface area contributed by atoms with Crippen LogP contribution in [0.3, 0.4) is 0 Å². The standard InChI is InChI=1S/C5H11NO3.ClH/c1-5(2,6)3(7)4(8)9;/h3,7H,6H2,1-2H3,(H,8,9);1H. The van der Waals surface area contributed by atoms with Gasteiger partial charge in [0, 0.05) is 5.54 Å². The van der Waals surface area contributed by atoms with Gasteiger partial charge in [0.15, 0.2) is 6.10 Å². The van der Waals surface area contributed by atoms with Gasteiger partial charge in [0.25, 0.3) is 0 Å². The summed E-state index contributed by atoms with van der Waals surface area (Å²) in [4.78, 5) is 10.0. The molecule has 0 fully saturated rings. The Labute approximate surface area is 65.4 Å². The van der Waals surface area contributed by atoms with Crippen LogP contribution < -0.4 is 5.73 Å². The smallest absolute Gasteiger partial charge is 0.334 e. The Morgan fingerprint density at radius 1 is 1.60 bits per heavy atom. The van der Waals surface area contributed by atoms with Crippen LogP contribution >= 0.6 is 12.4 Å². The van der Waals surface area contributed by atoms with Gasteiger partial charge in [-0.2, -0.15) is 0 Å². The minimum Gasteiger partial charge on any atom is -0.479 e. The van der Waals surface area contributed by atoms with E-state index >= 15 is 0 Å². The molecule has 0 spiro atoms. The summed E-state index contributed by atoms with van der Waals surface area (Å²) in [7, 11) is 0. The lowest BCUT2D eigenvalue weighted by Gasteiger charge is -2.21. The molecule has 0 aliphatic rings. The molecule has 0 aromatic rings. The van der Waals surface area contributed by atoms with Crippen molar-refractivity contribution in [3.8, 4) is 0 Å². The maximum atomic E-state index is 10.0. The number of rotatable bonds is 2. The van der Waals surface area contributed by atoms with Gasteiger partial charge in [-0.15, -0.1) is 12.4 Å². The van der Waals surface area contributed by atoms with Gasteiger partial charge in [-0.25, -0.2) is 4.79 Å². The van der Waals surface area contributed by atoms with Crippen molar-refractivity contribution in [3.63, 3.8) is 0 Å². The second-order valence-electron chi connectivity index (χ2n) is 2.56. The van der Waals surface area contributed by atoms with Crippen LogP contribution in [0.4, 0.5) is 0 Å². The first kappa shape index (κ1) is 12.4. The van der Waals surface area contributed by atoms with E-state index in [4.69, 9.17) is 15.9 Å². The summed E-state index contributed by atoms with van der Waals surface area (Å²) in [6.45, 7) is 2.90. The number of aliphatic hydroxyl groups is 1. The highest BCUT2D eigenvalue weighted by atomic mass is 35.5. The van der Waals surface area contributed by atoms with E-state index in [2.05, 4.69) is 0 Å². The summed E-state index contributed by atoms with van der Waals surface area (Å²) in [6.07, 6.45) is -1.49. The maximum Gasteiger partial charge on any atom is 0.334 e. The number of hydrogen-bond acceptors (Lipinski definition) is 3. The molecule has 0 aliphatic heterocycles. The topological polar surface area (TPSA) is 83.5 Å². The van der Waals surface area contributed by atoms with Gasteiger partial charge in [-0.1, -0.05) is 0 Å². The molecule has 4 nitrogen and oxygen atoms in total. The lowest BCUT2D eigenvalue weighted by molar-refractivity contribution is -0.149. The predicted octanol–water partition coefficient (Wildman–Crippen LogP) is -0.409. The summed E-state index contributed by atoms with van der Waals surface area (Å²) in [5, 5.41) is 16.9. The molecule has 0 aromatic carbocycles. The van der Waals surface area contributed by atoms with Crippen LogP contribution in [0.15, 0.2) is 0 Å². The van der Waals surface area contributed by atoms with Crippen LogP contribution in [-0.2, 0) is 4.79 Å². The highest BCUT2D eigenvalue weighted by Crippen LogP contribution is 2.03. The lowest BCUT2D eigenvalue weighted by Crippen LogP contribution is -2.49. The number of carbonyl (C=O) groups is 1. The largest absolute Gasteiger partial charge is 0.479 e. The van der Waals surface area contributed by atoms with Gasteiger partial charge in [0.05, 0.1) is 0 Å². The first-order chi connectivity index (χ1) is 3.85. The molecule has 0 amide bonds. The predicted molar refractivity (Wildman–Crippen MR) is 39.2 cm³/mol. The molecule has 0 aromatic heterocycles. The van der Waals surface area contributed by atoms with Crippen molar-refractivity contribution in [2.24, 2.45) is 5.73 Å². The van der Waals surface area contributed by atoms with Crippen molar-refractivity contribution in [3.05, 3.63) is 0 Å². The van der Waals surface area contributed by atoms with Crippen LogP contribution in [0.5, 0.6) is 0 Å². The molecule has 5 heteroatoms. The molecular weight excluding hydrogens is 158 g/mol. The Balaban J connectivity index is 0. The van der Waals surface area contributed by atoms with Crippen LogP contribution in [0, 0.1) is 0 Å². The molecule has 0 saturated carbocycles. The second kappa shape index (κ2) is 3.75. The SMILES string of the molecule is CC(C)(N)C(O)C(=O)O.Cl. The number of carboxylic acids is 1. The summed E-state index contributed by atoms with van der Waals surface area (Å²) in [5.41, 5.74) is 4.19. The van der Waals surface area contributed by atoms with Gasteiger partial charge in [-0.05, 0) is 13.8 Å². The zero-order valence-corrected chi connectivity index (χ0v) is 6.68. The van der Waals surface area contributed by atoms with Gasteiger partial charge in [-0.3, -0.25) is 0 Å². The van der Waals surface area contributed by atoms with Crippen molar-refractivity contribution < 1.29 is 15.0 Å². The third kappa shape index (κ3) is 3.66. The molecule has 1 atom stereocenters. The zero-order valence-electron chi connectivity index (χ0n) is 5.87. The van der Waals surface area contributed by atoms with Crippen molar-refractivity contribution in [1.29, 1.82) is 0 Å². The number of halogens is 1.